The highest BCUT2D eigenvalue weighted by Crippen LogP contribution is 2.30. The van der Waals surface area contributed by atoms with Crippen LogP contribution in [0.4, 0.5) is 0 Å². The van der Waals surface area contributed by atoms with Crippen molar-refractivity contribution in [1.82, 2.24) is 10.2 Å². The van der Waals surface area contributed by atoms with Gasteiger partial charge in [-0.15, -0.1) is 21.8 Å². The fourth-order valence-electron chi connectivity index (χ4n) is 1.32. The van der Waals surface area contributed by atoms with Crippen molar-refractivity contribution in [3.05, 3.63) is 34.3 Å². The van der Waals surface area contributed by atoms with Crippen molar-refractivity contribution in [2.75, 3.05) is 5.88 Å². The zero-order valence-electron chi connectivity index (χ0n) is 8.49. The maximum absolute atomic E-state index is 6.09. The summed E-state index contributed by atoms with van der Waals surface area (Å²) in [4.78, 5) is 0. The molecule has 0 saturated heterocycles. The minimum atomic E-state index is 0.654. The first kappa shape index (κ1) is 11.8. The predicted molar refractivity (Wildman–Crippen MR) is 69.4 cm³/mol. The van der Waals surface area contributed by atoms with E-state index in [0.717, 1.165) is 28.4 Å². The van der Waals surface area contributed by atoms with Gasteiger partial charge in [-0.2, -0.15) is 0 Å². The molecule has 5 heteroatoms. The van der Waals surface area contributed by atoms with Gasteiger partial charge in [0.05, 0.1) is 5.02 Å². The number of halogens is 2. The van der Waals surface area contributed by atoms with Crippen molar-refractivity contribution < 1.29 is 0 Å². The molecule has 1 heterocycles. The lowest BCUT2D eigenvalue weighted by molar-refractivity contribution is 0.884. The highest BCUT2D eigenvalue weighted by atomic mass is 35.5. The van der Waals surface area contributed by atoms with Gasteiger partial charge in [0, 0.05) is 17.9 Å². The lowest BCUT2D eigenvalue weighted by Crippen LogP contribution is -1.84. The zero-order chi connectivity index (χ0) is 11.4. The van der Waals surface area contributed by atoms with Crippen molar-refractivity contribution >= 4 is 34.5 Å². The standard InChI is InChI=1S/C11H10Cl2N2S/c12-7-3-6-10-14-15-11(16-10)8-4-1-2-5-9(8)13/h1-2,4-5H,3,6-7H2. The Kier molecular flexibility index (Phi) is 4.16. The van der Waals surface area contributed by atoms with Crippen molar-refractivity contribution in [2.45, 2.75) is 12.8 Å². The van der Waals surface area contributed by atoms with Gasteiger partial charge in [-0.05, 0) is 12.5 Å². The molecule has 0 radical (unpaired) electrons. The van der Waals surface area contributed by atoms with Crippen LogP contribution < -0.4 is 0 Å². The Morgan fingerprint density at radius 2 is 2.00 bits per heavy atom. The lowest BCUT2D eigenvalue weighted by atomic mass is 10.2. The van der Waals surface area contributed by atoms with Crippen LogP contribution in [0, 0.1) is 0 Å². The first-order chi connectivity index (χ1) is 7.81. The fourth-order valence-corrected chi connectivity index (χ4v) is 2.65. The maximum Gasteiger partial charge on any atom is 0.149 e. The van der Waals surface area contributed by atoms with Crippen molar-refractivity contribution in [2.24, 2.45) is 0 Å². The van der Waals surface area contributed by atoms with E-state index in [0.29, 0.717) is 10.9 Å². The summed E-state index contributed by atoms with van der Waals surface area (Å²) < 4.78 is 0. The highest BCUT2D eigenvalue weighted by molar-refractivity contribution is 7.14. The van der Waals surface area contributed by atoms with Crippen LogP contribution in [0.5, 0.6) is 0 Å². The van der Waals surface area contributed by atoms with Gasteiger partial charge in [0.15, 0.2) is 0 Å². The van der Waals surface area contributed by atoms with Gasteiger partial charge in [-0.3, -0.25) is 0 Å². The van der Waals surface area contributed by atoms with E-state index >= 15 is 0 Å². The third-order valence-corrected chi connectivity index (χ3v) is 3.71. The summed E-state index contributed by atoms with van der Waals surface area (Å²) in [5.74, 6) is 0.654. The predicted octanol–water partition coefficient (Wildman–Crippen LogP) is 4.03. The van der Waals surface area contributed by atoms with Crippen molar-refractivity contribution in [3.8, 4) is 10.6 Å². The molecular formula is C11H10Cl2N2S. The minimum Gasteiger partial charge on any atom is -0.143 e. The molecule has 0 aliphatic heterocycles. The number of hydrogen-bond acceptors (Lipinski definition) is 3. The van der Waals surface area contributed by atoms with Gasteiger partial charge in [0.1, 0.15) is 10.0 Å². The quantitative estimate of drug-likeness (QED) is 0.786. The van der Waals surface area contributed by atoms with Gasteiger partial charge in [0.25, 0.3) is 0 Å². The molecule has 0 fully saturated rings. The molecule has 0 saturated carbocycles. The molecule has 0 bridgehead atoms. The Morgan fingerprint density at radius 3 is 2.75 bits per heavy atom. The van der Waals surface area contributed by atoms with E-state index in [4.69, 9.17) is 23.2 Å². The second-order valence-electron chi connectivity index (χ2n) is 3.27. The molecule has 1 aromatic heterocycles. The molecule has 0 N–H and O–H groups in total. The van der Waals surface area contributed by atoms with Gasteiger partial charge in [0.2, 0.25) is 0 Å². The SMILES string of the molecule is ClCCCc1nnc(-c2ccccc2Cl)s1. The topological polar surface area (TPSA) is 25.8 Å². The first-order valence-electron chi connectivity index (χ1n) is 4.94. The number of benzene rings is 1. The van der Waals surface area contributed by atoms with Gasteiger partial charge in [-0.25, -0.2) is 0 Å². The van der Waals surface area contributed by atoms with Gasteiger partial charge < -0.3 is 0 Å². The Balaban J connectivity index is 2.22. The number of nitrogens with zero attached hydrogens (tertiary/aromatic N) is 2. The molecule has 0 unspecified atom stereocenters. The molecule has 1 aromatic carbocycles. The maximum atomic E-state index is 6.09. The molecule has 2 aromatic rings. The van der Waals surface area contributed by atoms with Gasteiger partial charge >= 0.3 is 0 Å². The van der Waals surface area contributed by atoms with E-state index < -0.39 is 0 Å². The number of alkyl halides is 1. The second-order valence-corrected chi connectivity index (χ2v) is 5.12. The Labute approximate surface area is 108 Å². The molecule has 2 nitrogen and oxygen atoms in total. The monoisotopic (exact) mass is 272 g/mol. The molecule has 0 atom stereocenters. The Hall–Kier alpha value is -0.640. The molecule has 2 rings (SSSR count). The second kappa shape index (κ2) is 5.62. The fraction of sp³-hybridized carbons (Fsp3) is 0.273. The number of aryl methyl sites for hydroxylation is 1. The summed E-state index contributed by atoms with van der Waals surface area (Å²) in [6.07, 6.45) is 1.81. The Morgan fingerprint density at radius 1 is 1.19 bits per heavy atom. The van der Waals surface area contributed by atoms with Crippen molar-refractivity contribution in [1.29, 1.82) is 0 Å². The normalized spacial score (nSPS) is 10.6. The largest absolute Gasteiger partial charge is 0.149 e. The third kappa shape index (κ3) is 2.73. The smallest absolute Gasteiger partial charge is 0.143 e. The molecule has 0 spiro atoms. The minimum absolute atomic E-state index is 0.654. The average Bonchev–Trinajstić information content (AvgIpc) is 2.75. The summed E-state index contributed by atoms with van der Waals surface area (Å²) in [6.45, 7) is 0. The Bertz CT molecular complexity index is 471. The number of aromatic nitrogens is 2. The first-order valence-corrected chi connectivity index (χ1v) is 6.67. The van der Waals surface area contributed by atoms with Gasteiger partial charge in [-0.1, -0.05) is 41.1 Å². The van der Waals surface area contributed by atoms with Crippen LogP contribution in [-0.4, -0.2) is 16.1 Å². The molecule has 0 amide bonds. The number of rotatable bonds is 4. The summed E-state index contributed by atoms with van der Waals surface area (Å²) in [7, 11) is 0. The molecular weight excluding hydrogens is 263 g/mol. The van der Waals surface area contributed by atoms with E-state index in [2.05, 4.69) is 10.2 Å². The van der Waals surface area contributed by atoms with E-state index in [1.807, 2.05) is 24.3 Å². The van der Waals surface area contributed by atoms with Crippen molar-refractivity contribution in [3.63, 3.8) is 0 Å². The van der Waals surface area contributed by atoms with Crippen LogP contribution in [0.2, 0.25) is 5.02 Å². The summed E-state index contributed by atoms with van der Waals surface area (Å²) in [6, 6.07) is 7.66. The van der Waals surface area contributed by atoms with E-state index in [1.165, 1.54) is 0 Å². The van der Waals surface area contributed by atoms with Crippen LogP contribution in [0.25, 0.3) is 10.6 Å². The number of hydrogen-bond donors (Lipinski definition) is 0. The van der Waals surface area contributed by atoms with Crippen LogP contribution >= 0.6 is 34.5 Å². The molecule has 0 aliphatic rings. The van der Waals surface area contributed by atoms with E-state index in [9.17, 15) is 0 Å². The van der Waals surface area contributed by atoms with Crippen LogP contribution in [0.3, 0.4) is 0 Å². The van der Waals surface area contributed by atoms with E-state index in [1.54, 1.807) is 11.3 Å². The third-order valence-electron chi connectivity index (χ3n) is 2.10. The summed E-state index contributed by atoms with van der Waals surface area (Å²) in [5, 5.41) is 10.9. The molecule has 0 aliphatic carbocycles. The average molecular weight is 273 g/mol. The summed E-state index contributed by atoms with van der Waals surface area (Å²) in [5.41, 5.74) is 0.943. The van der Waals surface area contributed by atoms with Crippen LogP contribution in [0.15, 0.2) is 24.3 Å². The van der Waals surface area contributed by atoms with E-state index in [-0.39, 0.29) is 0 Å². The zero-order valence-corrected chi connectivity index (χ0v) is 10.8. The highest BCUT2D eigenvalue weighted by Gasteiger charge is 2.08. The van der Waals surface area contributed by atoms with Crippen LogP contribution in [0.1, 0.15) is 11.4 Å². The lowest BCUT2D eigenvalue weighted by Gasteiger charge is -1.96. The molecule has 84 valence electrons. The summed E-state index contributed by atoms with van der Waals surface area (Å²) >= 11 is 13.3. The van der Waals surface area contributed by atoms with Crippen LogP contribution in [-0.2, 0) is 6.42 Å². The molecule has 16 heavy (non-hydrogen) atoms.